The molecule has 0 N–H and O–H groups in total. The molecule has 24 bridgehead atoms. The molecule has 766 valence electrons. The quantitative estimate of drug-likeness (QED) is 0.0507. The third kappa shape index (κ3) is 25.4. The first-order valence-corrected chi connectivity index (χ1v) is 48.7. The maximum absolute atomic E-state index is 12.9. The van der Waals surface area contributed by atoms with Gasteiger partial charge in [-0.15, -0.1) is 0 Å². The summed E-state index contributed by atoms with van der Waals surface area (Å²) in [6, 6.07) is 0. The fraction of sp³-hybridized carbons (Fsp3) is 0.948. The van der Waals surface area contributed by atoms with Gasteiger partial charge >= 0.3 is 35.8 Å². The zero-order valence-electron chi connectivity index (χ0n) is 80.4. The molecule has 0 saturated heterocycles. The van der Waals surface area contributed by atoms with Crippen molar-refractivity contribution in [1.29, 1.82) is 0 Å². The summed E-state index contributed by atoms with van der Waals surface area (Å²) in [5.74, 6) is 20.2. The lowest BCUT2D eigenvalue weighted by Gasteiger charge is -2.74. The molecule has 129 heavy (non-hydrogen) atoms. The molecule has 22 rings (SSSR count). The smallest absolute Gasteiger partial charge is 0.313 e. The van der Waals surface area contributed by atoms with Gasteiger partial charge in [0.25, 0.3) is 0 Å². The number of rotatable bonds is 24. The molecule has 0 radical (unpaired) electrons. The Balaban J connectivity index is 0. The van der Waals surface area contributed by atoms with Gasteiger partial charge in [-0.1, -0.05) is 157 Å². The van der Waals surface area contributed by atoms with Gasteiger partial charge in [0.2, 0.25) is 12.6 Å². The highest BCUT2D eigenvalue weighted by Crippen LogP contribution is 2.78. The van der Waals surface area contributed by atoms with Crippen LogP contribution < -0.4 is 0 Å². The Hall–Kier alpha value is -3.26. The van der Waals surface area contributed by atoms with Crippen molar-refractivity contribution in [2.75, 3.05) is 0 Å². The first kappa shape index (κ1) is 128. The van der Waals surface area contributed by atoms with Crippen molar-refractivity contribution in [2.24, 2.45) is 174 Å². The van der Waals surface area contributed by atoms with E-state index in [4.69, 9.17) is 37.9 Å². The van der Waals surface area contributed by atoms with Gasteiger partial charge < -0.3 is 37.9 Å². The van der Waals surface area contributed by atoms with Gasteiger partial charge in [-0.3, -0.25) is 28.8 Å². The standard InChI is InChI=1S/C23H36O2.2C22H34O3.C14H26O2.C12H24O2.C10H20O2.12CH4/c1-6-21(2,3)20(24)25-22(4,5)23-10-17-14-7-13-8-15(17)19(12-23)16(9-13)18(14)11-23;1-5-21(3,4)20(23)24-12(2)25-22-11-14-7-16-15-6-13(9-18(16)22)10-19(22)17(15)8-14;1-5-21(3,4)20(23)24-12(2)25-22-9-17-14-6-13-7-15(17)19(11-22)16(8-13)18(14)10-22;1-6-13(2,3)12(15)16-14(4,5)11-9-7-8-10-11;1-8-11(4,5)10(13)14-12(6,7)9(2)3;1-7-10(5,6)8(11)12-9(2,3)4;;;;;;;;;;;;/h13-19H,6-12H2,1-5H3;2*12-19H,5-11H2,1-4H3;11H,6-10H2,1-5H3;9H,8H2,1-7H3;7H2,1-6H3;12*1H4. The van der Waals surface area contributed by atoms with Crippen LogP contribution >= 0.6 is 0 Å². The second-order valence-corrected chi connectivity index (χ2v) is 49.2. The maximum atomic E-state index is 12.9. The molecule has 0 aromatic heterocycles. The Morgan fingerprint density at radius 3 is 0.868 bits per heavy atom. The van der Waals surface area contributed by atoms with Crippen LogP contribution in [-0.4, -0.2) is 82.0 Å². The zero-order chi connectivity index (χ0) is 86.9. The van der Waals surface area contributed by atoms with Crippen molar-refractivity contribution in [3.63, 3.8) is 0 Å². The highest BCUT2D eigenvalue weighted by Gasteiger charge is 2.74. The van der Waals surface area contributed by atoms with Crippen molar-refractivity contribution in [3.8, 4) is 0 Å². The van der Waals surface area contributed by atoms with Gasteiger partial charge in [-0.2, -0.15) is 0 Å². The van der Waals surface area contributed by atoms with Crippen molar-refractivity contribution in [1.82, 2.24) is 0 Å². The molecule has 6 unspecified atom stereocenters. The summed E-state index contributed by atoms with van der Waals surface area (Å²) < 4.78 is 47.6. The van der Waals surface area contributed by atoms with E-state index < -0.39 is 23.4 Å². The SMILES string of the molecule is C.C.C.C.C.C.C.C.C.C.C.C.CCC(C)(C)C(=O)OC(C)(C)C.CCC(C)(C)C(=O)OC(C)(C)C(C)C.CCC(C)(C)C(=O)OC(C)(C)C12CC3C4CC5CC3C(C1)C(C5)C4C2.CCC(C)(C)C(=O)OC(C)(C)C1CCCC1.CCC(C)(C)C(=O)OC(C)OC12CC3C4CC5CC3C(C1)C(C5)C4C2.CCC(C)(C)C(=O)OC(C)OC12CC3CC4C5CC(CC41)CC2C5C3. The Kier molecular flexibility index (Phi) is 45.6. The van der Waals surface area contributed by atoms with Crippen LogP contribution in [0.15, 0.2) is 0 Å². The number of hydrogen-bond acceptors (Lipinski definition) is 14. The van der Waals surface area contributed by atoms with Gasteiger partial charge in [0, 0.05) is 5.41 Å². The lowest BCUT2D eigenvalue weighted by atomic mass is 9.31. The molecule has 0 spiro atoms. The Bertz CT molecular complexity index is 3340. The second-order valence-electron chi connectivity index (χ2n) is 49.2. The minimum Gasteiger partial charge on any atom is -0.460 e. The van der Waals surface area contributed by atoms with E-state index in [1.165, 1.54) is 141 Å². The fourth-order valence-corrected chi connectivity index (χ4v) is 27.4. The van der Waals surface area contributed by atoms with E-state index in [9.17, 15) is 28.8 Å². The number of carbonyl (C=O) groups is 6. The average Bonchev–Trinajstić information content (AvgIpc) is 1.69. The first-order valence-electron chi connectivity index (χ1n) is 48.7. The van der Waals surface area contributed by atoms with Crippen molar-refractivity contribution in [3.05, 3.63) is 0 Å². The first-order chi connectivity index (χ1) is 53.9. The largest absolute Gasteiger partial charge is 0.460 e. The molecule has 6 atom stereocenters. The van der Waals surface area contributed by atoms with E-state index in [-0.39, 0.29) is 186 Å². The van der Waals surface area contributed by atoms with Gasteiger partial charge in [0.15, 0.2) is 0 Å². The van der Waals surface area contributed by atoms with Crippen LogP contribution in [0.1, 0.15) is 484 Å². The zero-order valence-corrected chi connectivity index (χ0v) is 80.4. The summed E-state index contributed by atoms with van der Waals surface area (Å²) in [5.41, 5.74) is -3.35. The molecule has 0 heterocycles. The summed E-state index contributed by atoms with van der Waals surface area (Å²) in [6.45, 7) is 61.9. The van der Waals surface area contributed by atoms with Crippen LogP contribution in [0.25, 0.3) is 0 Å². The second kappa shape index (κ2) is 46.0. The third-order valence-corrected chi connectivity index (χ3v) is 37.4. The normalized spacial score (nSPS) is 34.1. The molecular weight excluding hydrogens is 1610 g/mol. The van der Waals surface area contributed by atoms with Crippen LogP contribution in [0.2, 0.25) is 0 Å². The van der Waals surface area contributed by atoms with E-state index in [2.05, 4.69) is 48.5 Å². The molecule has 14 heteroatoms. The molecule has 22 aliphatic rings. The fourth-order valence-electron chi connectivity index (χ4n) is 27.4. The van der Waals surface area contributed by atoms with Gasteiger partial charge in [-0.25, -0.2) is 0 Å². The van der Waals surface area contributed by atoms with Crippen LogP contribution in [0.5, 0.6) is 0 Å². The van der Waals surface area contributed by atoms with E-state index in [0.717, 1.165) is 163 Å². The molecule has 22 saturated carbocycles. The molecule has 0 aliphatic heterocycles. The molecule has 0 aromatic carbocycles. The Labute approximate surface area is 801 Å². The predicted molar refractivity (Wildman–Crippen MR) is 546 cm³/mol. The average molecular weight is 1830 g/mol. The molecule has 0 aromatic rings. The third-order valence-electron chi connectivity index (χ3n) is 37.4. The summed E-state index contributed by atoms with van der Waals surface area (Å²) >= 11 is 0. The van der Waals surface area contributed by atoms with Crippen LogP contribution in [0.4, 0.5) is 0 Å². The number of esters is 6. The van der Waals surface area contributed by atoms with Crippen molar-refractivity contribution in [2.45, 2.75) is 530 Å². The van der Waals surface area contributed by atoms with E-state index >= 15 is 0 Å². The molecular formula is C115H222O14. The van der Waals surface area contributed by atoms with E-state index in [0.29, 0.717) is 11.8 Å². The highest BCUT2D eigenvalue weighted by atomic mass is 16.7. The number of carbonyl (C=O) groups excluding carboxylic acids is 6. The minimum absolute atomic E-state index is 0. The van der Waals surface area contributed by atoms with E-state index in [1.54, 1.807) is 0 Å². The highest BCUT2D eigenvalue weighted by molar-refractivity contribution is 5.78. The minimum atomic E-state index is -0.420. The predicted octanol–water partition coefficient (Wildman–Crippen LogP) is 32.8. The van der Waals surface area contributed by atoms with Crippen molar-refractivity contribution < 1.29 is 66.7 Å². The van der Waals surface area contributed by atoms with Gasteiger partial charge in [0.1, 0.15) is 22.4 Å². The number of hydrogen-bond donors (Lipinski definition) is 0. The van der Waals surface area contributed by atoms with Gasteiger partial charge in [0.05, 0.1) is 43.7 Å². The summed E-state index contributed by atoms with van der Waals surface area (Å²) in [7, 11) is 0. The van der Waals surface area contributed by atoms with Crippen LogP contribution in [0.3, 0.4) is 0 Å². The Morgan fingerprint density at radius 2 is 0.558 bits per heavy atom. The lowest BCUT2D eigenvalue weighted by molar-refractivity contribution is -0.338. The lowest BCUT2D eigenvalue weighted by Crippen LogP contribution is -2.72. The summed E-state index contributed by atoms with van der Waals surface area (Å²) in [5, 5.41) is 0. The maximum Gasteiger partial charge on any atom is 0.313 e. The summed E-state index contributed by atoms with van der Waals surface area (Å²) in [4.78, 5) is 73.1. The van der Waals surface area contributed by atoms with E-state index in [1.807, 2.05) is 166 Å². The molecule has 14 nitrogen and oxygen atoms in total. The molecule has 0 amide bonds. The van der Waals surface area contributed by atoms with Crippen molar-refractivity contribution >= 4 is 35.8 Å². The number of ether oxygens (including phenoxy) is 8. The van der Waals surface area contributed by atoms with Gasteiger partial charge in [-0.05, 0) is 462 Å². The van der Waals surface area contributed by atoms with Crippen LogP contribution in [0, 0.1) is 174 Å². The van der Waals surface area contributed by atoms with Crippen LogP contribution in [-0.2, 0) is 66.7 Å². The molecule has 22 fully saturated rings. The molecule has 22 aliphatic carbocycles. The Morgan fingerprint density at radius 1 is 0.295 bits per heavy atom. The monoisotopic (exact) mass is 1830 g/mol. The topological polar surface area (TPSA) is 176 Å². The summed E-state index contributed by atoms with van der Waals surface area (Å²) in [6.07, 6.45) is 34.2.